The van der Waals surface area contributed by atoms with Crippen LogP contribution < -0.4 is 0 Å². The molecular formula is C15H21NO2S. The van der Waals surface area contributed by atoms with Gasteiger partial charge in [0.1, 0.15) is 0 Å². The van der Waals surface area contributed by atoms with Gasteiger partial charge in [0.05, 0.1) is 6.10 Å². The molecule has 0 radical (unpaired) electrons. The van der Waals surface area contributed by atoms with Crippen molar-refractivity contribution in [3.8, 4) is 0 Å². The fourth-order valence-corrected chi connectivity index (χ4v) is 4.10. The van der Waals surface area contributed by atoms with Crippen LogP contribution in [0.2, 0.25) is 0 Å². The van der Waals surface area contributed by atoms with Crippen LogP contribution in [0.3, 0.4) is 0 Å². The maximum atomic E-state index is 12.3. The van der Waals surface area contributed by atoms with Gasteiger partial charge in [-0.3, -0.25) is 4.79 Å². The Morgan fingerprint density at radius 2 is 2.16 bits per heavy atom. The first-order valence-corrected chi connectivity index (χ1v) is 7.85. The summed E-state index contributed by atoms with van der Waals surface area (Å²) in [7, 11) is 1.90. The van der Waals surface area contributed by atoms with Gasteiger partial charge in [0.15, 0.2) is 0 Å². The molecule has 2 aliphatic rings. The first-order chi connectivity index (χ1) is 9.04. The van der Waals surface area contributed by atoms with E-state index >= 15 is 0 Å². The van der Waals surface area contributed by atoms with Crippen molar-refractivity contribution in [1.29, 1.82) is 0 Å². The predicted molar refractivity (Wildman–Crippen MR) is 76.3 cm³/mol. The molecule has 1 heterocycles. The van der Waals surface area contributed by atoms with Crippen molar-refractivity contribution < 1.29 is 9.90 Å². The molecule has 2 saturated carbocycles. The molecule has 0 aliphatic heterocycles. The molecule has 1 aromatic rings. The number of rotatable bonds is 4. The normalized spacial score (nSPS) is 32.8. The fourth-order valence-electron chi connectivity index (χ4n) is 3.05. The molecule has 3 nitrogen and oxygen atoms in total. The third-order valence-electron chi connectivity index (χ3n) is 4.35. The Hall–Kier alpha value is -0.870. The molecule has 1 aromatic heterocycles. The summed E-state index contributed by atoms with van der Waals surface area (Å²) in [6, 6.07) is 4.31. The van der Waals surface area contributed by atoms with Crippen molar-refractivity contribution in [2.24, 2.45) is 11.8 Å². The van der Waals surface area contributed by atoms with Crippen LogP contribution >= 0.6 is 11.3 Å². The van der Waals surface area contributed by atoms with E-state index in [0.29, 0.717) is 11.8 Å². The molecule has 2 atom stereocenters. The van der Waals surface area contributed by atoms with E-state index in [1.54, 1.807) is 0 Å². The van der Waals surface area contributed by atoms with Gasteiger partial charge in [-0.25, -0.2) is 0 Å². The number of hydrogen-bond acceptors (Lipinski definition) is 3. The molecule has 0 aromatic carbocycles. The van der Waals surface area contributed by atoms with E-state index < -0.39 is 0 Å². The number of amides is 1. The third-order valence-corrected chi connectivity index (χ3v) is 5.49. The number of aliphatic hydroxyl groups is 1. The van der Waals surface area contributed by atoms with E-state index in [0.717, 1.165) is 25.8 Å². The van der Waals surface area contributed by atoms with Gasteiger partial charge in [0.2, 0.25) is 5.91 Å². The van der Waals surface area contributed by atoms with Gasteiger partial charge in [-0.2, -0.15) is 0 Å². The van der Waals surface area contributed by atoms with Crippen molar-refractivity contribution in [1.82, 2.24) is 4.90 Å². The summed E-state index contributed by atoms with van der Waals surface area (Å²) in [5.74, 6) is 1.45. The van der Waals surface area contributed by atoms with Crippen molar-refractivity contribution in [2.75, 3.05) is 13.6 Å². The topological polar surface area (TPSA) is 40.5 Å². The summed E-state index contributed by atoms with van der Waals surface area (Å²) in [4.78, 5) is 16.9. The van der Waals surface area contributed by atoms with Gasteiger partial charge in [-0.1, -0.05) is 0 Å². The average Bonchev–Trinajstić information content (AvgIpc) is 3.02. The number of carbonyl (C=O) groups excluding carboxylic acids is 1. The predicted octanol–water partition coefficient (Wildman–Crippen LogP) is 2.39. The molecule has 1 N–H and O–H groups in total. The smallest absolute Gasteiger partial charge is 0.226 e. The molecule has 0 spiro atoms. The minimum absolute atomic E-state index is 0.128. The highest BCUT2D eigenvalue weighted by Gasteiger charge is 2.46. The Morgan fingerprint density at radius 1 is 1.42 bits per heavy atom. The Kier molecular flexibility index (Phi) is 3.39. The molecule has 0 bridgehead atoms. The molecule has 3 rings (SSSR count). The number of hydrogen-bond donors (Lipinski definition) is 1. The van der Waals surface area contributed by atoms with Gasteiger partial charge < -0.3 is 10.0 Å². The standard InChI is InChI=1S/C15H21NO2S/c1-9-3-4-14(19-9)12-7-13(12)15(18)16(2)8-10-5-11(17)6-10/h3-4,10-13,17H,5-8H2,1-2H3/t10?,11?,12-,13+/m0/s1. The van der Waals surface area contributed by atoms with E-state index in [1.165, 1.54) is 9.75 Å². The van der Waals surface area contributed by atoms with E-state index in [2.05, 4.69) is 19.1 Å². The largest absolute Gasteiger partial charge is 0.393 e. The molecule has 1 amide bonds. The number of thiophene rings is 1. The summed E-state index contributed by atoms with van der Waals surface area (Å²) in [5.41, 5.74) is 0. The van der Waals surface area contributed by atoms with E-state index in [-0.39, 0.29) is 17.9 Å². The van der Waals surface area contributed by atoms with E-state index in [4.69, 9.17) is 0 Å². The van der Waals surface area contributed by atoms with Crippen LogP contribution in [0.15, 0.2) is 12.1 Å². The zero-order valence-electron chi connectivity index (χ0n) is 11.5. The first-order valence-electron chi connectivity index (χ1n) is 7.04. The molecule has 0 unspecified atom stereocenters. The lowest BCUT2D eigenvalue weighted by Crippen LogP contribution is -2.40. The van der Waals surface area contributed by atoms with E-state index in [9.17, 15) is 9.90 Å². The lowest BCUT2D eigenvalue weighted by Gasteiger charge is -2.34. The monoisotopic (exact) mass is 279 g/mol. The van der Waals surface area contributed by atoms with Gasteiger partial charge in [-0.05, 0) is 44.2 Å². The number of carbonyl (C=O) groups is 1. The molecule has 2 aliphatic carbocycles. The second-order valence-electron chi connectivity index (χ2n) is 6.11. The lowest BCUT2D eigenvalue weighted by atomic mass is 9.82. The Labute approximate surface area is 118 Å². The van der Waals surface area contributed by atoms with Crippen LogP contribution in [0.25, 0.3) is 0 Å². The number of nitrogens with zero attached hydrogens (tertiary/aromatic N) is 1. The lowest BCUT2D eigenvalue weighted by molar-refractivity contribution is -0.133. The van der Waals surface area contributed by atoms with Crippen LogP contribution in [0.1, 0.15) is 34.9 Å². The zero-order chi connectivity index (χ0) is 13.6. The van der Waals surface area contributed by atoms with Crippen LogP contribution in [0.5, 0.6) is 0 Å². The molecule has 0 saturated heterocycles. The first kappa shape index (κ1) is 13.1. The summed E-state index contributed by atoms with van der Waals surface area (Å²) < 4.78 is 0. The Morgan fingerprint density at radius 3 is 2.74 bits per heavy atom. The molecule has 4 heteroatoms. The fraction of sp³-hybridized carbons (Fsp3) is 0.667. The second-order valence-corrected chi connectivity index (χ2v) is 7.43. The molecule has 19 heavy (non-hydrogen) atoms. The zero-order valence-corrected chi connectivity index (χ0v) is 12.3. The number of aliphatic hydroxyl groups excluding tert-OH is 1. The highest BCUT2D eigenvalue weighted by atomic mass is 32.1. The maximum absolute atomic E-state index is 12.3. The summed E-state index contributed by atoms with van der Waals surface area (Å²) >= 11 is 1.82. The van der Waals surface area contributed by atoms with Gasteiger partial charge in [0, 0.05) is 35.2 Å². The molecular weight excluding hydrogens is 258 g/mol. The molecule has 104 valence electrons. The van der Waals surface area contributed by atoms with Crippen molar-refractivity contribution in [3.63, 3.8) is 0 Å². The molecule has 2 fully saturated rings. The average molecular weight is 279 g/mol. The van der Waals surface area contributed by atoms with Crippen LogP contribution in [0.4, 0.5) is 0 Å². The van der Waals surface area contributed by atoms with Gasteiger partial charge in [-0.15, -0.1) is 11.3 Å². The van der Waals surface area contributed by atoms with E-state index in [1.807, 2.05) is 23.3 Å². The third kappa shape index (κ3) is 2.70. The van der Waals surface area contributed by atoms with Crippen LogP contribution in [-0.2, 0) is 4.79 Å². The summed E-state index contributed by atoms with van der Waals surface area (Å²) in [5, 5.41) is 9.28. The summed E-state index contributed by atoms with van der Waals surface area (Å²) in [6.45, 7) is 2.92. The minimum Gasteiger partial charge on any atom is -0.393 e. The van der Waals surface area contributed by atoms with Gasteiger partial charge >= 0.3 is 0 Å². The Bertz CT molecular complexity index is 478. The van der Waals surface area contributed by atoms with Crippen LogP contribution in [-0.4, -0.2) is 35.6 Å². The van der Waals surface area contributed by atoms with Gasteiger partial charge in [0.25, 0.3) is 0 Å². The SMILES string of the molecule is Cc1ccc([C@H]2C[C@H]2C(=O)N(C)CC2CC(O)C2)s1. The van der Waals surface area contributed by atoms with Crippen LogP contribution in [0, 0.1) is 18.8 Å². The highest BCUT2D eigenvalue weighted by Crippen LogP contribution is 2.50. The maximum Gasteiger partial charge on any atom is 0.226 e. The van der Waals surface area contributed by atoms with Crippen molar-refractivity contribution >= 4 is 17.2 Å². The van der Waals surface area contributed by atoms with Crippen molar-refractivity contribution in [2.45, 2.75) is 38.2 Å². The highest BCUT2D eigenvalue weighted by molar-refractivity contribution is 7.12. The van der Waals surface area contributed by atoms with Crippen molar-refractivity contribution in [3.05, 3.63) is 21.9 Å². The second kappa shape index (κ2) is 4.91. The quantitative estimate of drug-likeness (QED) is 0.919. The number of aryl methyl sites for hydroxylation is 1. The summed E-state index contributed by atoms with van der Waals surface area (Å²) in [6.07, 6.45) is 2.60. The minimum atomic E-state index is -0.128. The Balaban J connectivity index is 1.51.